The van der Waals surface area contributed by atoms with Gasteiger partial charge in [0.05, 0.1) is 38.0 Å². The lowest BCUT2D eigenvalue weighted by atomic mass is 9.84. The van der Waals surface area contributed by atoms with Crippen LogP contribution in [0.3, 0.4) is 0 Å². The molecule has 0 amide bonds. The summed E-state index contributed by atoms with van der Waals surface area (Å²) in [6, 6.07) is 4.99. The molecule has 1 aromatic carbocycles. The van der Waals surface area contributed by atoms with Crippen molar-refractivity contribution in [3.05, 3.63) is 35.9 Å². The summed E-state index contributed by atoms with van der Waals surface area (Å²) in [6.45, 7) is -1.25. The fourth-order valence-electron chi connectivity index (χ4n) is 6.66. The quantitative estimate of drug-likeness (QED) is 0.0961. The van der Waals surface area contributed by atoms with Crippen LogP contribution in [0.1, 0.15) is 12.0 Å². The second kappa shape index (κ2) is 16.9. The van der Waals surface area contributed by atoms with E-state index in [2.05, 4.69) is 0 Å². The zero-order valence-electron chi connectivity index (χ0n) is 26.8. The second-order valence-electron chi connectivity index (χ2n) is 13.0. The van der Waals surface area contributed by atoms with Crippen LogP contribution in [0.15, 0.2) is 30.3 Å². The molecule has 19 atom stereocenters. The largest absolute Gasteiger partial charge is 0.394 e. The van der Waals surface area contributed by atoms with Crippen LogP contribution in [0.5, 0.6) is 0 Å². The molecule has 49 heavy (non-hydrogen) atoms. The lowest BCUT2D eigenvalue weighted by Crippen LogP contribution is -2.68. The summed E-state index contributed by atoms with van der Waals surface area (Å²) in [4.78, 5) is 0. The minimum Gasteiger partial charge on any atom is -0.394 e. The molecule has 0 aromatic heterocycles. The molecule has 0 radical (unpaired) electrons. The molecule has 4 fully saturated rings. The monoisotopic (exact) mass is 705 g/mol. The van der Waals surface area contributed by atoms with Gasteiger partial charge in [-0.3, -0.25) is 0 Å². The van der Waals surface area contributed by atoms with Crippen molar-refractivity contribution in [3.8, 4) is 0 Å². The van der Waals surface area contributed by atoms with Crippen molar-refractivity contribution in [3.63, 3.8) is 0 Å². The number of benzene rings is 1. The molecule has 5 rings (SSSR count). The summed E-state index contributed by atoms with van der Waals surface area (Å²) in [5.74, 6) is 0. The first-order chi connectivity index (χ1) is 23.4. The molecule has 0 bridgehead atoms. The van der Waals surface area contributed by atoms with Crippen LogP contribution in [-0.4, -0.2) is 172 Å². The van der Waals surface area contributed by atoms with Gasteiger partial charge in [0.15, 0.2) is 18.9 Å². The highest BCUT2D eigenvalue weighted by Gasteiger charge is 2.54. The van der Waals surface area contributed by atoms with Gasteiger partial charge in [0, 0.05) is 18.6 Å². The fraction of sp³-hybridized carbons (Fsp3) is 0.800. The molecular formula is C30H51N5O14. The molecule has 0 spiro atoms. The Morgan fingerprint density at radius 1 is 0.592 bits per heavy atom. The highest BCUT2D eigenvalue weighted by Crippen LogP contribution is 2.34. The van der Waals surface area contributed by atoms with Crippen LogP contribution < -0.4 is 28.7 Å². The van der Waals surface area contributed by atoms with Gasteiger partial charge in [-0.05, 0) is 12.0 Å². The number of hydrogen-bond donors (Lipinski definition) is 12. The highest BCUT2D eigenvalue weighted by molar-refractivity contribution is 5.13. The third-order valence-electron chi connectivity index (χ3n) is 9.58. The zero-order valence-corrected chi connectivity index (χ0v) is 26.8. The third kappa shape index (κ3) is 8.26. The number of rotatable bonds is 12. The molecule has 1 saturated carbocycles. The highest BCUT2D eigenvalue weighted by atomic mass is 16.8. The van der Waals surface area contributed by atoms with Crippen molar-refractivity contribution >= 4 is 0 Å². The first-order valence-corrected chi connectivity index (χ1v) is 16.3. The molecule has 3 saturated heterocycles. The van der Waals surface area contributed by atoms with E-state index < -0.39 is 129 Å². The maximum Gasteiger partial charge on any atom is 0.187 e. The van der Waals surface area contributed by atoms with Crippen LogP contribution in [0.2, 0.25) is 0 Å². The van der Waals surface area contributed by atoms with Gasteiger partial charge in [-0.25, -0.2) is 0 Å². The Balaban J connectivity index is 1.28. The van der Waals surface area contributed by atoms with E-state index in [1.807, 2.05) is 30.3 Å². The van der Waals surface area contributed by atoms with Gasteiger partial charge in [-0.2, -0.15) is 0 Å². The van der Waals surface area contributed by atoms with Crippen molar-refractivity contribution < 1.29 is 68.9 Å². The fourth-order valence-corrected chi connectivity index (χ4v) is 6.66. The van der Waals surface area contributed by atoms with Crippen LogP contribution in [0.4, 0.5) is 0 Å². The second-order valence-corrected chi connectivity index (χ2v) is 13.0. The van der Waals surface area contributed by atoms with Gasteiger partial charge < -0.3 is 97.6 Å². The molecule has 1 aliphatic carbocycles. The van der Waals surface area contributed by atoms with Crippen molar-refractivity contribution in [2.75, 3.05) is 19.8 Å². The van der Waals surface area contributed by atoms with E-state index in [1.54, 1.807) is 0 Å². The molecule has 17 N–H and O–H groups in total. The summed E-state index contributed by atoms with van der Waals surface area (Å²) in [5.41, 5.74) is 31.4. The van der Waals surface area contributed by atoms with Crippen LogP contribution in [0.25, 0.3) is 0 Å². The van der Waals surface area contributed by atoms with E-state index in [-0.39, 0.29) is 19.6 Å². The van der Waals surface area contributed by atoms with Crippen LogP contribution in [-0.2, 0) is 39.8 Å². The average Bonchev–Trinajstić information content (AvgIpc) is 3.39. The maximum atomic E-state index is 11.2. The lowest BCUT2D eigenvalue weighted by Gasteiger charge is -2.47. The summed E-state index contributed by atoms with van der Waals surface area (Å²) in [5, 5.41) is 74.2. The van der Waals surface area contributed by atoms with E-state index in [0.29, 0.717) is 0 Å². The molecule has 3 heterocycles. The van der Waals surface area contributed by atoms with E-state index in [4.69, 9.17) is 61.8 Å². The predicted octanol–water partition coefficient (Wildman–Crippen LogP) is -6.64. The molecular weight excluding hydrogens is 654 g/mol. The predicted molar refractivity (Wildman–Crippen MR) is 165 cm³/mol. The zero-order chi connectivity index (χ0) is 35.6. The van der Waals surface area contributed by atoms with Gasteiger partial charge in [-0.15, -0.1) is 0 Å². The van der Waals surface area contributed by atoms with Crippen LogP contribution in [0, 0.1) is 0 Å². The summed E-state index contributed by atoms with van der Waals surface area (Å²) >= 11 is 0. The molecule has 280 valence electrons. The van der Waals surface area contributed by atoms with Gasteiger partial charge in [0.2, 0.25) is 0 Å². The molecule has 19 nitrogen and oxygen atoms in total. The van der Waals surface area contributed by atoms with E-state index in [1.165, 1.54) is 0 Å². The van der Waals surface area contributed by atoms with Crippen molar-refractivity contribution in [2.45, 2.75) is 129 Å². The van der Waals surface area contributed by atoms with Crippen molar-refractivity contribution in [2.24, 2.45) is 28.7 Å². The summed E-state index contributed by atoms with van der Waals surface area (Å²) in [7, 11) is 0. The molecule has 3 aliphatic heterocycles. The summed E-state index contributed by atoms with van der Waals surface area (Å²) < 4.78 is 41.2. The molecule has 1 aromatic rings. The lowest BCUT2D eigenvalue weighted by molar-refractivity contribution is -0.315. The molecule has 13 unspecified atom stereocenters. The first kappa shape index (κ1) is 38.7. The smallest absolute Gasteiger partial charge is 0.187 e. The van der Waals surface area contributed by atoms with Gasteiger partial charge >= 0.3 is 0 Å². The number of aliphatic hydroxyl groups is 7. The topological polar surface area (TPSA) is 336 Å². The Bertz CT molecular complexity index is 1160. The van der Waals surface area contributed by atoms with Crippen molar-refractivity contribution in [1.82, 2.24) is 0 Å². The Morgan fingerprint density at radius 2 is 1.14 bits per heavy atom. The summed E-state index contributed by atoms with van der Waals surface area (Å²) in [6.07, 6.45) is -19.6. The van der Waals surface area contributed by atoms with Crippen LogP contribution >= 0.6 is 0 Å². The number of hydrogen-bond acceptors (Lipinski definition) is 19. The number of nitrogens with two attached hydrogens (primary N) is 5. The van der Waals surface area contributed by atoms with Gasteiger partial charge in [-0.1, -0.05) is 30.3 Å². The average molecular weight is 706 g/mol. The normalized spacial score (nSPS) is 47.7. The minimum atomic E-state index is -1.62. The standard InChI is InChI=1S/C30H51N5O14/c31-7-14-20(39)21(40)17(34)28(44-14)48-26-16(9-37)46-30(23(26)42)49-27-19(38)12(32)6-13(33)24(27)47-29-18(35)22(41)25(15(8-36)45-29)43-10-11-4-2-1-3-5-11/h1-5,12-30,36-42H,6-10,31-35H2/t12-,13?,14?,15?,16-,17?,18?,19?,20-,21?,22?,23?,24?,25-,26?,27?,28-,29?,30+/m1/s1. The molecule has 4 aliphatic rings. The Morgan fingerprint density at radius 3 is 1.78 bits per heavy atom. The number of aliphatic hydroxyl groups excluding tert-OH is 7. The van der Waals surface area contributed by atoms with Gasteiger partial charge in [0.25, 0.3) is 0 Å². The van der Waals surface area contributed by atoms with Crippen molar-refractivity contribution in [1.29, 1.82) is 0 Å². The van der Waals surface area contributed by atoms with E-state index >= 15 is 0 Å². The van der Waals surface area contributed by atoms with E-state index in [9.17, 15) is 35.7 Å². The third-order valence-corrected chi connectivity index (χ3v) is 9.58. The Kier molecular flexibility index (Phi) is 13.3. The first-order valence-electron chi connectivity index (χ1n) is 16.3. The van der Waals surface area contributed by atoms with Gasteiger partial charge in [0.1, 0.15) is 67.1 Å². The Hall–Kier alpha value is -1.54. The minimum absolute atomic E-state index is 0.0783. The SMILES string of the molecule is NCC1O[C@H](OC2C(O)[C@H](OC3C(OC4OC(CO)[C@@H](OCc5ccccc5)C(O)C4N)C(N)C[C@@H](N)C3O)O[C@@H]2CO)C(N)C(O)[C@@H]1O. The Labute approximate surface area is 282 Å². The van der Waals surface area contributed by atoms with E-state index in [0.717, 1.165) is 5.56 Å². The maximum absolute atomic E-state index is 11.2. The molecule has 19 heteroatoms. The number of ether oxygens (including phenoxy) is 7.